The van der Waals surface area contributed by atoms with Crippen molar-refractivity contribution in [1.82, 2.24) is 4.72 Å². The van der Waals surface area contributed by atoms with Crippen molar-refractivity contribution in [1.29, 1.82) is 0 Å². The van der Waals surface area contributed by atoms with E-state index in [-0.39, 0.29) is 22.7 Å². The second kappa shape index (κ2) is 5.56. The van der Waals surface area contributed by atoms with Gasteiger partial charge in [0, 0.05) is 12.1 Å². The summed E-state index contributed by atoms with van der Waals surface area (Å²) in [6, 6.07) is 8.94. The Morgan fingerprint density at radius 3 is 2.40 bits per heavy atom. The Balaban J connectivity index is 2.19. The maximum atomic E-state index is 13.4. The van der Waals surface area contributed by atoms with Gasteiger partial charge < -0.3 is 5.73 Å². The van der Waals surface area contributed by atoms with E-state index < -0.39 is 21.7 Å². The van der Waals surface area contributed by atoms with E-state index in [1.165, 1.54) is 24.3 Å². The van der Waals surface area contributed by atoms with E-state index in [2.05, 4.69) is 4.72 Å². The van der Waals surface area contributed by atoms with Gasteiger partial charge in [0.1, 0.15) is 11.6 Å². The molecule has 0 atom stereocenters. The van der Waals surface area contributed by atoms with Crippen molar-refractivity contribution in [2.75, 3.05) is 5.73 Å². The third kappa shape index (κ3) is 3.12. The number of rotatable bonds is 4. The molecule has 2 aromatic rings. The van der Waals surface area contributed by atoms with Gasteiger partial charge in [-0.15, -0.1) is 0 Å². The van der Waals surface area contributed by atoms with Crippen LogP contribution in [-0.4, -0.2) is 8.42 Å². The molecule has 7 heteroatoms. The molecule has 0 unspecified atom stereocenters. The lowest BCUT2D eigenvalue weighted by Crippen LogP contribution is -2.23. The number of hydrogen-bond acceptors (Lipinski definition) is 3. The number of hydrogen-bond donors (Lipinski definition) is 2. The smallest absolute Gasteiger partial charge is 0.240 e. The van der Waals surface area contributed by atoms with E-state index in [4.69, 9.17) is 5.73 Å². The number of halogens is 2. The molecule has 0 aromatic heterocycles. The fraction of sp³-hybridized carbons (Fsp3) is 0.0769. The number of nitrogen functional groups attached to an aromatic ring is 1. The molecule has 3 N–H and O–H groups in total. The van der Waals surface area contributed by atoms with Crippen molar-refractivity contribution in [3.63, 3.8) is 0 Å². The summed E-state index contributed by atoms with van der Waals surface area (Å²) >= 11 is 0. The van der Waals surface area contributed by atoms with Gasteiger partial charge in [-0.05, 0) is 24.3 Å². The molecule has 4 nitrogen and oxygen atoms in total. The van der Waals surface area contributed by atoms with E-state index in [9.17, 15) is 17.2 Å². The minimum Gasteiger partial charge on any atom is -0.396 e. The molecule has 0 amide bonds. The molecule has 0 aliphatic rings. The van der Waals surface area contributed by atoms with Crippen molar-refractivity contribution in [3.8, 4) is 0 Å². The molecule has 0 aliphatic carbocycles. The van der Waals surface area contributed by atoms with Crippen LogP contribution in [0.2, 0.25) is 0 Å². The minimum atomic E-state index is -3.93. The fourth-order valence-corrected chi connectivity index (χ4v) is 2.59. The summed E-state index contributed by atoms with van der Waals surface area (Å²) < 4.78 is 52.7. The molecular formula is C13H12F2N2O2S. The normalized spacial score (nSPS) is 11.5. The number of nitrogens with one attached hydrogen (secondary N) is 1. The Labute approximate surface area is 115 Å². The van der Waals surface area contributed by atoms with Crippen molar-refractivity contribution in [2.45, 2.75) is 11.4 Å². The third-order valence-electron chi connectivity index (χ3n) is 2.69. The third-order valence-corrected chi connectivity index (χ3v) is 4.09. The maximum absolute atomic E-state index is 13.4. The second-order valence-corrected chi connectivity index (χ2v) is 5.87. The SMILES string of the molecule is Nc1ccc(S(=O)(=O)NCc2ccccc2F)cc1F. The van der Waals surface area contributed by atoms with Crippen LogP contribution in [-0.2, 0) is 16.6 Å². The Hall–Kier alpha value is -1.99. The van der Waals surface area contributed by atoms with Crippen LogP contribution < -0.4 is 10.5 Å². The predicted octanol–water partition coefficient (Wildman–Crippen LogP) is 2.03. The summed E-state index contributed by atoms with van der Waals surface area (Å²) in [5, 5.41) is 0. The van der Waals surface area contributed by atoms with Crippen molar-refractivity contribution in [3.05, 3.63) is 59.7 Å². The zero-order chi connectivity index (χ0) is 14.8. The molecule has 0 bridgehead atoms. The van der Waals surface area contributed by atoms with Crippen molar-refractivity contribution in [2.24, 2.45) is 0 Å². The Bertz CT molecular complexity index is 733. The minimum absolute atomic E-state index is 0.141. The summed E-state index contributed by atoms with van der Waals surface area (Å²) in [4.78, 5) is -0.263. The van der Waals surface area contributed by atoms with Gasteiger partial charge in [-0.25, -0.2) is 21.9 Å². The highest BCUT2D eigenvalue weighted by Gasteiger charge is 2.16. The Morgan fingerprint density at radius 2 is 1.75 bits per heavy atom. The molecule has 0 radical (unpaired) electrons. The van der Waals surface area contributed by atoms with Crippen molar-refractivity contribution >= 4 is 15.7 Å². The molecular weight excluding hydrogens is 286 g/mol. The topological polar surface area (TPSA) is 72.2 Å². The summed E-state index contributed by atoms with van der Waals surface area (Å²) in [6.45, 7) is -0.221. The fourth-order valence-electron chi connectivity index (χ4n) is 1.57. The average Bonchev–Trinajstić information content (AvgIpc) is 2.41. The molecule has 2 rings (SSSR count). The van der Waals surface area contributed by atoms with Crippen LogP contribution in [0.25, 0.3) is 0 Å². The van der Waals surface area contributed by atoms with Gasteiger partial charge >= 0.3 is 0 Å². The van der Waals surface area contributed by atoms with Gasteiger partial charge in [0.05, 0.1) is 10.6 Å². The molecule has 0 fully saturated rings. The highest BCUT2D eigenvalue weighted by molar-refractivity contribution is 7.89. The van der Waals surface area contributed by atoms with Gasteiger partial charge in [-0.3, -0.25) is 0 Å². The summed E-state index contributed by atoms with van der Waals surface area (Å²) in [7, 11) is -3.93. The maximum Gasteiger partial charge on any atom is 0.240 e. The van der Waals surface area contributed by atoms with Gasteiger partial charge in [0.15, 0.2) is 0 Å². The molecule has 106 valence electrons. The van der Waals surface area contributed by atoms with Crippen LogP contribution >= 0.6 is 0 Å². The van der Waals surface area contributed by atoms with Gasteiger partial charge in [0.25, 0.3) is 0 Å². The van der Waals surface area contributed by atoms with Crippen molar-refractivity contribution < 1.29 is 17.2 Å². The molecule has 20 heavy (non-hydrogen) atoms. The van der Waals surface area contributed by atoms with Crippen LogP contribution in [0.4, 0.5) is 14.5 Å². The van der Waals surface area contributed by atoms with Crippen LogP contribution in [0.5, 0.6) is 0 Å². The van der Waals surface area contributed by atoms with Gasteiger partial charge in [0.2, 0.25) is 10.0 Å². The standard InChI is InChI=1S/C13H12F2N2O2S/c14-11-4-2-1-3-9(11)8-17-20(18,19)10-5-6-13(16)12(15)7-10/h1-7,17H,8,16H2. The number of sulfonamides is 1. The summed E-state index contributed by atoms with van der Waals surface area (Å²) in [5.74, 6) is -1.34. The predicted molar refractivity (Wildman–Crippen MR) is 71.2 cm³/mol. The number of anilines is 1. The van der Waals surface area contributed by atoms with Crippen LogP contribution in [0, 0.1) is 11.6 Å². The van der Waals surface area contributed by atoms with E-state index in [0.717, 1.165) is 12.1 Å². The second-order valence-electron chi connectivity index (χ2n) is 4.10. The first-order valence-electron chi connectivity index (χ1n) is 5.68. The lowest BCUT2D eigenvalue weighted by Gasteiger charge is -2.08. The number of nitrogens with two attached hydrogens (primary N) is 1. The van der Waals surface area contributed by atoms with Crippen LogP contribution in [0.15, 0.2) is 47.4 Å². The summed E-state index contributed by atoms with van der Waals surface area (Å²) in [5.41, 5.74) is 5.34. The first-order chi connectivity index (χ1) is 9.40. The van der Waals surface area contributed by atoms with E-state index >= 15 is 0 Å². The summed E-state index contributed by atoms with van der Waals surface area (Å²) in [6.07, 6.45) is 0. The molecule has 0 spiro atoms. The van der Waals surface area contributed by atoms with E-state index in [1.807, 2.05) is 0 Å². The van der Waals surface area contributed by atoms with E-state index in [0.29, 0.717) is 0 Å². The molecule has 0 saturated heterocycles. The lowest BCUT2D eigenvalue weighted by molar-refractivity contribution is 0.571. The van der Waals surface area contributed by atoms with E-state index in [1.54, 1.807) is 6.07 Å². The molecule has 0 aliphatic heterocycles. The van der Waals surface area contributed by atoms with Crippen LogP contribution in [0.1, 0.15) is 5.56 Å². The zero-order valence-electron chi connectivity index (χ0n) is 10.3. The highest BCUT2D eigenvalue weighted by atomic mass is 32.2. The monoisotopic (exact) mass is 298 g/mol. The average molecular weight is 298 g/mol. The first-order valence-corrected chi connectivity index (χ1v) is 7.16. The Kier molecular flexibility index (Phi) is 4.01. The molecule has 2 aromatic carbocycles. The van der Waals surface area contributed by atoms with Crippen LogP contribution in [0.3, 0.4) is 0 Å². The van der Waals surface area contributed by atoms with Gasteiger partial charge in [-0.1, -0.05) is 18.2 Å². The lowest BCUT2D eigenvalue weighted by atomic mass is 10.2. The number of benzene rings is 2. The highest BCUT2D eigenvalue weighted by Crippen LogP contribution is 2.16. The molecule has 0 saturated carbocycles. The molecule has 0 heterocycles. The quantitative estimate of drug-likeness (QED) is 0.848. The Morgan fingerprint density at radius 1 is 1.05 bits per heavy atom. The zero-order valence-corrected chi connectivity index (χ0v) is 11.1. The largest absolute Gasteiger partial charge is 0.396 e. The van der Waals surface area contributed by atoms with Gasteiger partial charge in [-0.2, -0.15) is 0 Å². The first kappa shape index (κ1) is 14.4.